The van der Waals surface area contributed by atoms with Gasteiger partial charge in [0.05, 0.1) is 11.0 Å². The van der Waals surface area contributed by atoms with Gasteiger partial charge >= 0.3 is 0 Å². The number of fused-ring (bicyclic) bond motifs is 1. The van der Waals surface area contributed by atoms with Crippen molar-refractivity contribution in [3.05, 3.63) is 35.0 Å². The lowest BCUT2D eigenvalue weighted by Gasteiger charge is -2.15. The van der Waals surface area contributed by atoms with Crippen LogP contribution < -0.4 is 5.32 Å². The van der Waals surface area contributed by atoms with E-state index in [1.807, 2.05) is 6.92 Å². The zero-order chi connectivity index (χ0) is 14.3. The van der Waals surface area contributed by atoms with Crippen molar-refractivity contribution < 1.29 is 15.0 Å². The Bertz CT molecular complexity index is 683. The lowest BCUT2D eigenvalue weighted by Crippen LogP contribution is -2.12. The summed E-state index contributed by atoms with van der Waals surface area (Å²) in [6, 6.07) is 4.69. The molecule has 104 valence electrons. The highest BCUT2D eigenvalue weighted by Crippen LogP contribution is 2.43. The van der Waals surface area contributed by atoms with Gasteiger partial charge in [0, 0.05) is 11.3 Å². The second kappa shape index (κ2) is 4.75. The summed E-state index contributed by atoms with van der Waals surface area (Å²) in [5, 5.41) is 28.7. The number of phenolic OH excluding ortho intramolecular Hbond substituents is 2. The summed E-state index contributed by atoms with van der Waals surface area (Å²) in [6.45, 7) is 1.89. The van der Waals surface area contributed by atoms with Gasteiger partial charge in [-0.15, -0.1) is 11.8 Å². The number of nitrogens with one attached hydrogen (secondary N) is 2. The summed E-state index contributed by atoms with van der Waals surface area (Å²) in [4.78, 5) is 11.7. The number of aromatic hydroxyl groups is 2. The van der Waals surface area contributed by atoms with Gasteiger partial charge in [0.1, 0.15) is 0 Å². The lowest BCUT2D eigenvalue weighted by atomic mass is 10.0. The predicted octanol–water partition coefficient (Wildman–Crippen LogP) is 1.90. The number of aryl methyl sites for hydroxylation is 1. The molecule has 3 rings (SSSR count). The normalized spacial score (nSPS) is 18.2. The quantitative estimate of drug-likeness (QED) is 0.602. The minimum Gasteiger partial charge on any atom is -0.504 e. The lowest BCUT2D eigenvalue weighted by molar-refractivity contribution is -0.113. The molecule has 0 saturated carbocycles. The molecule has 1 aromatic heterocycles. The molecule has 1 aliphatic heterocycles. The summed E-state index contributed by atoms with van der Waals surface area (Å²) in [6.07, 6.45) is 0. The standard InChI is InChI=1S/C13H13N3O3S/c1-6-11-12(7-2-3-8(17)9(18)4-7)20-5-10(19)14-13(11)16-15-6/h2-4,12,17-18H,5H2,1H3,(H2,14,15,16,19). The molecule has 1 aliphatic rings. The van der Waals surface area contributed by atoms with E-state index < -0.39 is 0 Å². The Morgan fingerprint density at radius 2 is 2.15 bits per heavy atom. The van der Waals surface area contributed by atoms with Gasteiger partial charge in [0.2, 0.25) is 5.91 Å². The molecule has 1 aromatic carbocycles. The van der Waals surface area contributed by atoms with Crippen LogP contribution in [0.4, 0.5) is 5.82 Å². The molecular formula is C13H13N3O3S. The highest BCUT2D eigenvalue weighted by Gasteiger charge is 2.28. The molecule has 1 amide bonds. The highest BCUT2D eigenvalue weighted by molar-refractivity contribution is 8.00. The number of H-pyrrole nitrogens is 1. The largest absolute Gasteiger partial charge is 0.504 e. The Morgan fingerprint density at radius 1 is 1.35 bits per heavy atom. The Balaban J connectivity index is 2.10. The van der Waals surface area contributed by atoms with Crippen molar-refractivity contribution in [3.8, 4) is 11.5 Å². The van der Waals surface area contributed by atoms with Crippen molar-refractivity contribution in [2.24, 2.45) is 0 Å². The number of aromatic amines is 1. The average molecular weight is 291 g/mol. The Labute approximate surface area is 119 Å². The molecule has 0 aliphatic carbocycles. The van der Waals surface area contributed by atoms with Gasteiger partial charge in [0.25, 0.3) is 0 Å². The smallest absolute Gasteiger partial charge is 0.235 e. The number of benzene rings is 1. The van der Waals surface area contributed by atoms with E-state index in [0.717, 1.165) is 16.8 Å². The third-order valence-electron chi connectivity index (χ3n) is 3.20. The van der Waals surface area contributed by atoms with E-state index in [4.69, 9.17) is 0 Å². The maximum absolute atomic E-state index is 11.7. The summed E-state index contributed by atoms with van der Waals surface area (Å²) < 4.78 is 0. The minimum atomic E-state index is -0.172. The summed E-state index contributed by atoms with van der Waals surface area (Å²) in [7, 11) is 0. The molecule has 0 fully saturated rings. The van der Waals surface area contributed by atoms with Gasteiger partial charge < -0.3 is 15.5 Å². The SMILES string of the molecule is Cc1[nH]nc2c1C(c1ccc(O)c(O)c1)SCC(=O)N2. The Morgan fingerprint density at radius 3 is 2.90 bits per heavy atom. The van der Waals surface area contributed by atoms with Crippen LogP contribution in [0.5, 0.6) is 11.5 Å². The van der Waals surface area contributed by atoms with Crippen LogP contribution in [0.1, 0.15) is 22.1 Å². The van der Waals surface area contributed by atoms with Crippen molar-refractivity contribution in [1.29, 1.82) is 0 Å². The number of carbonyl (C=O) groups excluding carboxylic acids is 1. The third-order valence-corrected chi connectivity index (χ3v) is 4.47. The molecule has 0 spiro atoms. The van der Waals surface area contributed by atoms with Crippen molar-refractivity contribution in [1.82, 2.24) is 10.2 Å². The molecule has 2 aromatic rings. The molecule has 1 unspecified atom stereocenters. The van der Waals surface area contributed by atoms with Gasteiger partial charge in [0.15, 0.2) is 17.3 Å². The molecule has 6 nitrogen and oxygen atoms in total. The van der Waals surface area contributed by atoms with E-state index in [1.165, 1.54) is 23.9 Å². The summed E-state index contributed by atoms with van der Waals surface area (Å²) in [5.74, 6) is 0.394. The third kappa shape index (κ3) is 2.09. The first-order valence-corrected chi connectivity index (χ1v) is 7.09. The summed E-state index contributed by atoms with van der Waals surface area (Å²) in [5.41, 5.74) is 2.57. The Kier molecular flexibility index (Phi) is 3.06. The number of hydrogen-bond donors (Lipinski definition) is 4. The fourth-order valence-electron chi connectivity index (χ4n) is 2.23. The van der Waals surface area contributed by atoms with E-state index in [-0.39, 0.29) is 22.7 Å². The van der Waals surface area contributed by atoms with Crippen LogP contribution in [0.3, 0.4) is 0 Å². The number of nitrogens with zero attached hydrogens (tertiary/aromatic N) is 1. The molecule has 4 N–H and O–H groups in total. The van der Waals surface area contributed by atoms with Crippen molar-refractivity contribution in [3.63, 3.8) is 0 Å². The first-order chi connectivity index (χ1) is 9.56. The maximum atomic E-state index is 11.7. The average Bonchev–Trinajstić information content (AvgIpc) is 2.67. The predicted molar refractivity (Wildman–Crippen MR) is 76.0 cm³/mol. The first-order valence-electron chi connectivity index (χ1n) is 6.04. The monoisotopic (exact) mass is 291 g/mol. The number of phenols is 2. The van der Waals surface area contributed by atoms with Gasteiger partial charge in [-0.05, 0) is 24.6 Å². The fraction of sp³-hybridized carbons (Fsp3) is 0.231. The number of carbonyl (C=O) groups is 1. The number of thioether (sulfide) groups is 1. The van der Waals surface area contributed by atoms with Crippen LogP contribution >= 0.6 is 11.8 Å². The van der Waals surface area contributed by atoms with Crippen molar-refractivity contribution >= 4 is 23.5 Å². The topological polar surface area (TPSA) is 98.2 Å². The van der Waals surface area contributed by atoms with Gasteiger partial charge in [-0.3, -0.25) is 9.89 Å². The number of hydrogen-bond acceptors (Lipinski definition) is 5. The van der Waals surface area contributed by atoms with Crippen LogP contribution in [0, 0.1) is 6.92 Å². The van der Waals surface area contributed by atoms with E-state index in [9.17, 15) is 15.0 Å². The number of anilines is 1. The molecule has 1 atom stereocenters. The van der Waals surface area contributed by atoms with Crippen LogP contribution in [0.15, 0.2) is 18.2 Å². The van der Waals surface area contributed by atoms with E-state index >= 15 is 0 Å². The van der Waals surface area contributed by atoms with Gasteiger partial charge in [-0.25, -0.2) is 0 Å². The maximum Gasteiger partial charge on any atom is 0.235 e. The van der Waals surface area contributed by atoms with Crippen LogP contribution in [0.2, 0.25) is 0 Å². The molecule has 20 heavy (non-hydrogen) atoms. The molecule has 2 heterocycles. The first kappa shape index (κ1) is 12.9. The van der Waals surface area contributed by atoms with Crippen LogP contribution in [0.25, 0.3) is 0 Å². The molecule has 0 bridgehead atoms. The molecular weight excluding hydrogens is 278 g/mol. The second-order valence-corrected chi connectivity index (χ2v) is 5.69. The number of amides is 1. The summed E-state index contributed by atoms with van der Waals surface area (Å²) >= 11 is 1.46. The number of rotatable bonds is 1. The van der Waals surface area contributed by atoms with Crippen LogP contribution in [-0.2, 0) is 4.79 Å². The van der Waals surface area contributed by atoms with E-state index in [2.05, 4.69) is 15.5 Å². The molecule has 0 radical (unpaired) electrons. The minimum absolute atomic E-state index is 0.103. The highest BCUT2D eigenvalue weighted by atomic mass is 32.2. The van der Waals surface area contributed by atoms with E-state index in [1.54, 1.807) is 6.07 Å². The van der Waals surface area contributed by atoms with Gasteiger partial charge in [-0.2, -0.15) is 5.10 Å². The molecule has 0 saturated heterocycles. The zero-order valence-electron chi connectivity index (χ0n) is 10.7. The fourth-order valence-corrected chi connectivity index (χ4v) is 3.42. The van der Waals surface area contributed by atoms with E-state index in [0.29, 0.717) is 11.6 Å². The molecule has 7 heteroatoms. The van der Waals surface area contributed by atoms with Crippen molar-refractivity contribution in [2.45, 2.75) is 12.2 Å². The van der Waals surface area contributed by atoms with Crippen LogP contribution in [-0.4, -0.2) is 32.1 Å². The zero-order valence-corrected chi connectivity index (χ0v) is 11.5. The van der Waals surface area contributed by atoms with Crippen molar-refractivity contribution in [2.75, 3.05) is 11.1 Å². The number of aromatic nitrogens is 2. The van der Waals surface area contributed by atoms with Gasteiger partial charge in [-0.1, -0.05) is 6.07 Å². The Hall–Kier alpha value is -2.15. The second-order valence-electron chi connectivity index (χ2n) is 4.60.